The molecule has 2 heterocycles. The molecule has 45 heavy (non-hydrogen) atoms. The minimum Gasteiger partial charge on any atom is -0.207 e. The molecule has 0 saturated carbocycles. The van der Waals surface area contributed by atoms with Crippen LogP contribution in [0.1, 0.15) is 115 Å². The van der Waals surface area contributed by atoms with E-state index < -0.39 is 5.41 Å². The lowest BCUT2D eigenvalue weighted by molar-refractivity contribution is -0.724. The zero-order chi connectivity index (χ0) is 32.7. The number of pyridine rings is 1. The lowest BCUT2D eigenvalue weighted by atomic mass is 9.59. The third kappa shape index (κ3) is 5.17. The molecule has 2 aliphatic rings. The fourth-order valence-electron chi connectivity index (χ4n) is 8.52. The molecule has 2 aromatic carbocycles. The number of nitrogens with zero attached hydrogens (tertiary/aromatic N) is 2. The smallest absolute Gasteiger partial charge is 0.207 e. The Morgan fingerprint density at radius 2 is 1.82 bits per heavy atom. The second kappa shape index (κ2) is 12.7. The van der Waals surface area contributed by atoms with Gasteiger partial charge in [-0.3, -0.25) is 0 Å². The zero-order valence-corrected chi connectivity index (χ0v) is 29.0. The Hall–Kier alpha value is -3.59. The van der Waals surface area contributed by atoms with Crippen molar-refractivity contribution in [1.82, 2.24) is 0 Å². The Labute approximate surface area is 271 Å². The molecule has 0 radical (unpaired) electrons. The molecule has 1 unspecified atom stereocenters. The number of unbranched alkanes of at least 4 members (excludes halogenated alkanes) is 1. The van der Waals surface area contributed by atoms with E-state index in [4.69, 9.17) is 0 Å². The normalized spacial score (nSPS) is 18.3. The predicted octanol–water partition coefficient (Wildman–Crippen LogP) is 10.6. The fourth-order valence-corrected chi connectivity index (χ4v) is 8.52. The van der Waals surface area contributed by atoms with E-state index in [9.17, 15) is 0 Å². The Balaban J connectivity index is 1.75. The Morgan fingerprint density at radius 1 is 1.09 bits per heavy atom. The van der Waals surface area contributed by atoms with Gasteiger partial charge in [0, 0.05) is 36.0 Å². The van der Waals surface area contributed by atoms with Crippen molar-refractivity contribution in [3.05, 3.63) is 113 Å². The Morgan fingerprint density at radius 3 is 2.47 bits per heavy atom. The molecule has 3 heteroatoms. The van der Waals surface area contributed by atoms with Crippen LogP contribution < -0.4 is 4.57 Å². The van der Waals surface area contributed by atoms with Crippen molar-refractivity contribution in [3.63, 3.8) is 0 Å². The molecule has 1 atom stereocenters. The van der Waals surface area contributed by atoms with Gasteiger partial charge in [0.25, 0.3) is 0 Å². The van der Waals surface area contributed by atoms with E-state index in [1.165, 1.54) is 38.7 Å². The van der Waals surface area contributed by atoms with Crippen molar-refractivity contribution in [2.75, 3.05) is 7.05 Å². The number of halogens is 1. The van der Waals surface area contributed by atoms with Gasteiger partial charge < -0.3 is 0 Å². The summed E-state index contributed by atoms with van der Waals surface area (Å²) >= 11 is 0. The number of aryl methyl sites for hydroxylation is 1. The van der Waals surface area contributed by atoms with Crippen LogP contribution in [0.25, 0.3) is 22.0 Å². The molecule has 0 fully saturated rings. The van der Waals surface area contributed by atoms with Gasteiger partial charge in [0.2, 0.25) is 5.69 Å². The lowest BCUT2D eigenvalue weighted by Gasteiger charge is -2.45. The monoisotopic (exact) mass is 604 g/mol. The van der Waals surface area contributed by atoms with Crippen molar-refractivity contribution in [3.8, 4) is 11.3 Å². The first-order chi connectivity index (χ1) is 21.5. The molecule has 1 aromatic heterocycles. The molecule has 0 saturated heterocycles. The molecular weight excluding hydrogens is 551 g/mol. The van der Waals surface area contributed by atoms with E-state index in [1.807, 2.05) is 19.1 Å². The molecule has 1 aliphatic carbocycles. The maximum Gasteiger partial charge on any atom is 0.221 e. The quantitative estimate of drug-likeness (QED) is 0.110. The van der Waals surface area contributed by atoms with Crippen molar-refractivity contribution < 1.29 is 13.5 Å². The molecule has 2 nitrogen and oxygen atoms in total. The second-order valence-electron chi connectivity index (χ2n) is 13.8. The summed E-state index contributed by atoms with van der Waals surface area (Å²) in [6.07, 6.45) is 17.6. The van der Waals surface area contributed by atoms with Gasteiger partial charge >= 0.3 is 0 Å². The van der Waals surface area contributed by atoms with Crippen LogP contribution in [0.2, 0.25) is 0 Å². The van der Waals surface area contributed by atoms with Crippen LogP contribution in [0.4, 0.5) is 4.39 Å². The third-order valence-electron chi connectivity index (χ3n) is 11.2. The van der Waals surface area contributed by atoms with E-state index in [0.717, 1.165) is 67.4 Å². The predicted molar refractivity (Wildman–Crippen MR) is 190 cm³/mol. The Kier molecular flexibility index (Phi) is 9.23. The molecule has 236 valence electrons. The van der Waals surface area contributed by atoms with Crippen LogP contribution in [-0.2, 0) is 17.3 Å². The number of rotatable bonds is 12. The van der Waals surface area contributed by atoms with Crippen LogP contribution in [0, 0.1) is 5.82 Å². The fraction of sp³-hybridized carbons (Fsp3) is 0.429. The number of allylic oxidation sites excluding steroid dienone is 5. The zero-order valence-electron chi connectivity index (χ0n) is 29.0. The first-order valence-electron chi connectivity index (χ1n) is 17.1. The summed E-state index contributed by atoms with van der Waals surface area (Å²) in [6, 6.07) is 11.2. The first-order valence-corrected chi connectivity index (χ1v) is 17.1. The van der Waals surface area contributed by atoms with Crippen molar-refractivity contribution in [1.29, 1.82) is 0 Å². The van der Waals surface area contributed by atoms with E-state index in [1.54, 1.807) is 6.07 Å². The average Bonchev–Trinajstić information content (AvgIpc) is 3.03. The molecular formula is C42H53FN2+2. The molecule has 1 aliphatic heterocycles. The highest BCUT2D eigenvalue weighted by Gasteiger charge is 2.54. The summed E-state index contributed by atoms with van der Waals surface area (Å²) < 4.78 is 20.9. The summed E-state index contributed by atoms with van der Waals surface area (Å²) in [5.41, 5.74) is 9.97. The van der Waals surface area contributed by atoms with Crippen molar-refractivity contribution in [2.45, 2.75) is 110 Å². The Bertz CT molecular complexity index is 1760. The van der Waals surface area contributed by atoms with E-state index in [0.29, 0.717) is 0 Å². The van der Waals surface area contributed by atoms with Crippen LogP contribution in [0.15, 0.2) is 85.3 Å². The second-order valence-corrected chi connectivity index (χ2v) is 13.8. The summed E-state index contributed by atoms with van der Waals surface area (Å²) in [4.78, 5) is 0. The molecule has 5 rings (SSSR count). The van der Waals surface area contributed by atoms with Gasteiger partial charge in [0.1, 0.15) is 12.9 Å². The lowest BCUT2D eigenvalue weighted by Crippen LogP contribution is -2.56. The highest BCUT2D eigenvalue weighted by atomic mass is 19.1. The standard InChI is InChI=1S/C42H53FN2/c1-11-16-18-30-26-32-23-25-45-36(22-19-31(17-12-2)28(6)29(7)44(10)24-13-3)42(14-4,15-5)33-20-21-35(43)39-38(33)40(45)37(32)34(27-30)41(39,8)9/h12-13,17,20-21,23-27,36H,2,6,11,14-16,18-19,22H2,1,3-5,7-10H3/q+2. The largest absolute Gasteiger partial charge is 0.221 e. The highest BCUT2D eigenvalue weighted by Crippen LogP contribution is 2.57. The number of benzene rings is 2. The van der Waals surface area contributed by atoms with Gasteiger partial charge in [-0.05, 0) is 78.8 Å². The molecule has 0 amide bonds. The van der Waals surface area contributed by atoms with E-state index in [-0.39, 0.29) is 17.3 Å². The maximum atomic E-state index is 16.2. The van der Waals surface area contributed by atoms with Gasteiger partial charge in [0.05, 0.1) is 16.4 Å². The summed E-state index contributed by atoms with van der Waals surface area (Å²) in [5, 5.41) is 2.58. The van der Waals surface area contributed by atoms with Gasteiger partial charge in [0.15, 0.2) is 24.2 Å². The van der Waals surface area contributed by atoms with Gasteiger partial charge in [-0.25, -0.2) is 8.97 Å². The summed E-state index contributed by atoms with van der Waals surface area (Å²) in [7, 11) is 2.07. The van der Waals surface area contributed by atoms with E-state index >= 15 is 4.39 Å². The topological polar surface area (TPSA) is 6.89 Å². The van der Waals surface area contributed by atoms with Gasteiger partial charge in [-0.2, -0.15) is 4.57 Å². The SMILES string of the molecule is C=CC=C(CCC1[n+]2ccc3cc(CCCC)cc4c3c2-c2c(ccc(F)c2C4(C)C)C1(CC)CC)C(=C)C(C)=[N+](C)C=CC. The third-order valence-corrected chi connectivity index (χ3v) is 11.2. The van der Waals surface area contributed by atoms with Gasteiger partial charge in [-0.15, -0.1) is 0 Å². The average molecular weight is 605 g/mol. The van der Waals surface area contributed by atoms with Crippen molar-refractivity contribution in [2.24, 2.45) is 0 Å². The number of hydrogen-bond donors (Lipinski definition) is 0. The first kappa shape index (κ1) is 32.8. The highest BCUT2D eigenvalue weighted by molar-refractivity contribution is 6.02. The van der Waals surface area contributed by atoms with Gasteiger partial charge in [-0.1, -0.05) is 84.5 Å². The minimum atomic E-state index is -0.438. The molecule has 0 spiro atoms. The van der Waals surface area contributed by atoms with Crippen molar-refractivity contribution >= 4 is 16.5 Å². The van der Waals surface area contributed by atoms with Crippen LogP contribution in [0.3, 0.4) is 0 Å². The number of aromatic nitrogens is 1. The van der Waals surface area contributed by atoms with Crippen LogP contribution >= 0.6 is 0 Å². The molecule has 3 aromatic rings. The summed E-state index contributed by atoms with van der Waals surface area (Å²) in [6.45, 7) is 24.1. The minimum absolute atomic E-state index is 0.0877. The van der Waals surface area contributed by atoms with Crippen LogP contribution in [0.5, 0.6) is 0 Å². The summed E-state index contributed by atoms with van der Waals surface area (Å²) in [5.74, 6) is -0.0877. The molecule has 0 bridgehead atoms. The van der Waals surface area contributed by atoms with Crippen LogP contribution in [-0.4, -0.2) is 17.3 Å². The van der Waals surface area contributed by atoms with E-state index in [2.05, 4.69) is 114 Å². The number of hydrogen-bond acceptors (Lipinski definition) is 0. The maximum absolute atomic E-state index is 16.2. The molecule has 0 N–H and O–H groups in total.